The highest BCUT2D eigenvalue weighted by Gasteiger charge is 2.20. The van der Waals surface area contributed by atoms with Gasteiger partial charge in [0.2, 0.25) is 0 Å². The third-order valence-electron chi connectivity index (χ3n) is 3.07. The number of hydrogen-bond acceptors (Lipinski definition) is 1. The third kappa shape index (κ3) is 2.77. The van der Waals surface area contributed by atoms with Gasteiger partial charge in [0, 0.05) is 12.1 Å². The molecule has 0 aromatic heterocycles. The summed E-state index contributed by atoms with van der Waals surface area (Å²) in [5.74, 6) is 0. The van der Waals surface area contributed by atoms with Crippen LogP contribution in [0.5, 0.6) is 0 Å². The molecule has 3 heteroatoms. The lowest BCUT2D eigenvalue weighted by molar-refractivity contribution is 0.439. The molecule has 0 atom stereocenters. The molecule has 0 bridgehead atoms. The summed E-state index contributed by atoms with van der Waals surface area (Å²) in [7, 11) is 1.73. The average Bonchev–Trinajstić information content (AvgIpc) is 2.35. The van der Waals surface area contributed by atoms with Crippen molar-refractivity contribution in [1.82, 2.24) is 0 Å². The monoisotopic (exact) mass is 258 g/mol. The highest BCUT2D eigenvalue weighted by atomic mass is 35.5. The smallest absolute Gasteiger partial charge is 0.361 e. The zero-order valence-electron chi connectivity index (χ0n) is 10.9. The summed E-state index contributed by atoms with van der Waals surface area (Å²) in [5.41, 5.74) is 4.60. The standard InChI is InChI=1S/C15H16BClO/c1-11-5-4-6-13(9-11)16(18-3)14-7-8-15(17)12(2)10-14/h4-10H,1-3H3. The summed E-state index contributed by atoms with van der Waals surface area (Å²) < 4.78 is 5.63. The first-order chi connectivity index (χ1) is 8.61. The second-order valence-corrected chi connectivity index (χ2v) is 4.95. The molecule has 1 nitrogen and oxygen atoms in total. The van der Waals surface area contributed by atoms with Crippen molar-refractivity contribution in [3.8, 4) is 0 Å². The molecule has 0 saturated carbocycles. The van der Waals surface area contributed by atoms with E-state index in [4.69, 9.17) is 16.3 Å². The van der Waals surface area contributed by atoms with E-state index in [1.165, 1.54) is 11.0 Å². The Labute approximate surface area is 114 Å². The van der Waals surface area contributed by atoms with Crippen molar-refractivity contribution >= 4 is 29.4 Å². The van der Waals surface area contributed by atoms with Crippen LogP contribution in [-0.2, 0) is 4.65 Å². The maximum absolute atomic E-state index is 6.06. The zero-order valence-corrected chi connectivity index (χ0v) is 11.7. The van der Waals surface area contributed by atoms with Crippen LogP contribution in [-0.4, -0.2) is 14.0 Å². The number of hydrogen-bond donors (Lipinski definition) is 0. The van der Waals surface area contributed by atoms with Crippen LogP contribution in [0.2, 0.25) is 5.02 Å². The fourth-order valence-electron chi connectivity index (χ4n) is 2.13. The van der Waals surface area contributed by atoms with Crippen molar-refractivity contribution in [3.05, 3.63) is 58.6 Å². The van der Waals surface area contributed by atoms with E-state index in [0.717, 1.165) is 16.0 Å². The molecule has 0 spiro atoms. The van der Waals surface area contributed by atoms with E-state index in [9.17, 15) is 0 Å². The van der Waals surface area contributed by atoms with Gasteiger partial charge in [-0.2, -0.15) is 0 Å². The van der Waals surface area contributed by atoms with Crippen molar-refractivity contribution in [2.75, 3.05) is 7.11 Å². The first kappa shape index (κ1) is 13.2. The van der Waals surface area contributed by atoms with Crippen molar-refractivity contribution in [2.24, 2.45) is 0 Å². The van der Waals surface area contributed by atoms with Crippen molar-refractivity contribution in [1.29, 1.82) is 0 Å². The minimum absolute atomic E-state index is 0.0409. The van der Waals surface area contributed by atoms with Crippen LogP contribution in [0.15, 0.2) is 42.5 Å². The molecule has 0 amide bonds. The maximum atomic E-state index is 6.06. The van der Waals surface area contributed by atoms with Gasteiger partial charge in [0.1, 0.15) is 0 Å². The fraction of sp³-hybridized carbons (Fsp3) is 0.200. The third-order valence-corrected chi connectivity index (χ3v) is 3.49. The first-order valence-electron chi connectivity index (χ1n) is 5.97. The van der Waals surface area contributed by atoms with E-state index in [1.54, 1.807) is 7.11 Å². The van der Waals surface area contributed by atoms with Crippen LogP contribution in [0.4, 0.5) is 0 Å². The van der Waals surface area contributed by atoms with Gasteiger partial charge in [0.25, 0.3) is 0 Å². The van der Waals surface area contributed by atoms with Gasteiger partial charge in [-0.05, 0) is 36.4 Å². The molecule has 2 rings (SSSR count). The van der Waals surface area contributed by atoms with E-state index in [0.29, 0.717) is 0 Å². The summed E-state index contributed by atoms with van der Waals surface area (Å²) in [4.78, 5) is 0. The van der Waals surface area contributed by atoms with Crippen LogP contribution in [0.3, 0.4) is 0 Å². The molecular weight excluding hydrogens is 242 g/mol. The lowest BCUT2D eigenvalue weighted by Crippen LogP contribution is -2.44. The van der Waals surface area contributed by atoms with Gasteiger partial charge in [-0.25, -0.2) is 0 Å². The summed E-state index contributed by atoms with van der Waals surface area (Å²) in [6, 6.07) is 14.4. The van der Waals surface area contributed by atoms with Crippen molar-refractivity contribution < 1.29 is 4.65 Å². The van der Waals surface area contributed by atoms with Crippen molar-refractivity contribution in [2.45, 2.75) is 13.8 Å². The van der Waals surface area contributed by atoms with E-state index < -0.39 is 0 Å². The van der Waals surface area contributed by atoms with E-state index in [-0.39, 0.29) is 6.92 Å². The van der Waals surface area contributed by atoms with Gasteiger partial charge in [0.15, 0.2) is 0 Å². The number of aryl methyl sites for hydroxylation is 2. The summed E-state index contributed by atoms with van der Waals surface area (Å²) in [6.07, 6.45) is 0. The normalized spacial score (nSPS) is 10.4. The molecule has 0 radical (unpaired) electrons. The highest BCUT2D eigenvalue weighted by Crippen LogP contribution is 2.12. The maximum Gasteiger partial charge on any atom is 0.361 e. The van der Waals surface area contributed by atoms with Crippen LogP contribution < -0.4 is 10.9 Å². The van der Waals surface area contributed by atoms with Crippen LogP contribution in [0.1, 0.15) is 11.1 Å². The topological polar surface area (TPSA) is 9.23 Å². The van der Waals surface area contributed by atoms with Gasteiger partial charge < -0.3 is 4.65 Å². The van der Waals surface area contributed by atoms with Gasteiger partial charge >= 0.3 is 6.92 Å². The molecule has 0 heterocycles. The fourth-order valence-corrected chi connectivity index (χ4v) is 2.25. The molecule has 0 aliphatic heterocycles. The van der Waals surface area contributed by atoms with Crippen LogP contribution in [0, 0.1) is 13.8 Å². The van der Waals surface area contributed by atoms with Gasteiger partial charge in [0.05, 0.1) is 0 Å². The molecule has 2 aromatic rings. The minimum Gasteiger partial charge on any atom is -0.430 e. The van der Waals surface area contributed by atoms with E-state index >= 15 is 0 Å². The SMILES string of the molecule is COB(c1cccc(C)c1)c1ccc(Cl)c(C)c1. The Bertz CT molecular complexity index is 554. The van der Waals surface area contributed by atoms with E-state index in [1.807, 2.05) is 19.1 Å². The Morgan fingerprint density at radius 2 is 1.72 bits per heavy atom. The lowest BCUT2D eigenvalue weighted by atomic mass is 9.55. The molecule has 0 saturated heterocycles. The molecular formula is C15H16BClO. The molecule has 0 unspecified atom stereocenters. The Morgan fingerprint density at radius 3 is 2.33 bits per heavy atom. The van der Waals surface area contributed by atoms with Crippen LogP contribution >= 0.6 is 11.6 Å². The summed E-state index contributed by atoms with van der Waals surface area (Å²) in [5, 5.41) is 0.790. The number of halogens is 1. The molecule has 2 aromatic carbocycles. The predicted octanol–water partition coefficient (Wildman–Crippen LogP) is 2.71. The van der Waals surface area contributed by atoms with Crippen molar-refractivity contribution in [3.63, 3.8) is 0 Å². The lowest BCUT2D eigenvalue weighted by Gasteiger charge is -2.13. The summed E-state index contributed by atoms with van der Waals surface area (Å²) >= 11 is 6.06. The molecule has 0 fully saturated rings. The quantitative estimate of drug-likeness (QED) is 0.769. The van der Waals surface area contributed by atoms with E-state index in [2.05, 4.69) is 37.3 Å². The minimum atomic E-state index is -0.0409. The van der Waals surface area contributed by atoms with Crippen LogP contribution in [0.25, 0.3) is 0 Å². The van der Waals surface area contributed by atoms with Gasteiger partial charge in [-0.3, -0.25) is 0 Å². The molecule has 92 valence electrons. The molecule has 0 aliphatic carbocycles. The Hall–Kier alpha value is -1.25. The molecule has 0 aliphatic rings. The second-order valence-electron chi connectivity index (χ2n) is 4.54. The van der Waals surface area contributed by atoms with Gasteiger partial charge in [-0.1, -0.05) is 53.6 Å². The number of rotatable bonds is 3. The number of benzene rings is 2. The first-order valence-corrected chi connectivity index (χ1v) is 6.35. The highest BCUT2D eigenvalue weighted by molar-refractivity contribution is 6.80. The predicted molar refractivity (Wildman–Crippen MR) is 79.4 cm³/mol. The molecule has 0 N–H and O–H groups in total. The molecule has 18 heavy (non-hydrogen) atoms. The average molecular weight is 259 g/mol. The second kappa shape index (κ2) is 5.60. The Kier molecular flexibility index (Phi) is 4.10. The Balaban J connectivity index is 2.42. The Morgan fingerprint density at radius 1 is 1.00 bits per heavy atom. The zero-order chi connectivity index (χ0) is 13.1. The van der Waals surface area contributed by atoms with Gasteiger partial charge in [-0.15, -0.1) is 0 Å². The largest absolute Gasteiger partial charge is 0.430 e. The summed E-state index contributed by atoms with van der Waals surface area (Å²) in [6.45, 7) is 4.05.